The summed E-state index contributed by atoms with van der Waals surface area (Å²) in [5, 5.41) is 3.36. The van der Waals surface area contributed by atoms with Gasteiger partial charge in [-0.05, 0) is 25.1 Å². The van der Waals surface area contributed by atoms with E-state index in [0.29, 0.717) is 11.8 Å². The lowest BCUT2D eigenvalue weighted by molar-refractivity contribution is 0.468. The minimum atomic E-state index is 0.526. The molecule has 0 saturated carbocycles. The number of hydrogen-bond acceptors (Lipinski definition) is 4. The van der Waals surface area contributed by atoms with Crippen molar-refractivity contribution in [1.29, 1.82) is 0 Å². The third-order valence-electron chi connectivity index (χ3n) is 2.44. The SMILES string of the molecule is CC(C)NCCCc1ncc(-c2ccco2)o1. The predicted molar refractivity (Wildman–Crippen MR) is 65.7 cm³/mol. The van der Waals surface area contributed by atoms with Gasteiger partial charge in [-0.2, -0.15) is 0 Å². The Morgan fingerprint density at radius 2 is 2.24 bits per heavy atom. The monoisotopic (exact) mass is 234 g/mol. The van der Waals surface area contributed by atoms with E-state index in [1.54, 1.807) is 12.5 Å². The average molecular weight is 234 g/mol. The lowest BCUT2D eigenvalue weighted by Crippen LogP contribution is -2.23. The van der Waals surface area contributed by atoms with Crippen LogP contribution in [-0.2, 0) is 6.42 Å². The van der Waals surface area contributed by atoms with Gasteiger partial charge in [0.15, 0.2) is 17.4 Å². The van der Waals surface area contributed by atoms with Gasteiger partial charge < -0.3 is 14.2 Å². The van der Waals surface area contributed by atoms with E-state index in [1.165, 1.54) is 0 Å². The normalized spacial score (nSPS) is 11.2. The fourth-order valence-corrected chi connectivity index (χ4v) is 1.59. The Kier molecular flexibility index (Phi) is 3.98. The number of aryl methyl sites for hydroxylation is 1. The second kappa shape index (κ2) is 5.68. The molecule has 2 heterocycles. The van der Waals surface area contributed by atoms with Gasteiger partial charge in [-0.3, -0.25) is 0 Å². The highest BCUT2D eigenvalue weighted by atomic mass is 16.4. The Balaban J connectivity index is 1.83. The molecule has 0 atom stereocenters. The molecule has 1 N–H and O–H groups in total. The van der Waals surface area contributed by atoms with Gasteiger partial charge in [-0.15, -0.1) is 0 Å². The van der Waals surface area contributed by atoms with Crippen LogP contribution in [0.25, 0.3) is 11.5 Å². The molecule has 0 unspecified atom stereocenters. The molecule has 2 aromatic rings. The van der Waals surface area contributed by atoms with Crippen LogP contribution in [0, 0.1) is 0 Å². The van der Waals surface area contributed by atoms with Gasteiger partial charge in [-0.25, -0.2) is 4.98 Å². The first-order chi connectivity index (χ1) is 8.25. The molecule has 0 aromatic carbocycles. The molecule has 92 valence electrons. The van der Waals surface area contributed by atoms with Crippen molar-refractivity contribution in [3.8, 4) is 11.5 Å². The van der Waals surface area contributed by atoms with E-state index in [2.05, 4.69) is 24.1 Å². The largest absolute Gasteiger partial charge is 0.461 e. The van der Waals surface area contributed by atoms with Crippen LogP contribution in [0.1, 0.15) is 26.2 Å². The van der Waals surface area contributed by atoms with Crippen molar-refractivity contribution in [2.45, 2.75) is 32.7 Å². The van der Waals surface area contributed by atoms with E-state index in [0.717, 1.165) is 31.0 Å². The summed E-state index contributed by atoms with van der Waals surface area (Å²) in [7, 11) is 0. The van der Waals surface area contributed by atoms with E-state index in [9.17, 15) is 0 Å². The van der Waals surface area contributed by atoms with Gasteiger partial charge in [0.2, 0.25) is 0 Å². The van der Waals surface area contributed by atoms with Crippen LogP contribution in [-0.4, -0.2) is 17.6 Å². The zero-order valence-electron chi connectivity index (χ0n) is 10.3. The van der Waals surface area contributed by atoms with Crippen LogP contribution in [0.5, 0.6) is 0 Å². The summed E-state index contributed by atoms with van der Waals surface area (Å²) >= 11 is 0. The van der Waals surface area contributed by atoms with Crippen molar-refractivity contribution < 1.29 is 8.83 Å². The molecule has 0 fully saturated rings. The third kappa shape index (κ3) is 3.46. The number of rotatable bonds is 6. The summed E-state index contributed by atoms with van der Waals surface area (Å²) in [5.41, 5.74) is 0. The molecule has 0 aliphatic heterocycles. The maximum absolute atomic E-state index is 5.60. The first-order valence-electron chi connectivity index (χ1n) is 5.97. The van der Waals surface area contributed by atoms with Crippen molar-refractivity contribution >= 4 is 0 Å². The van der Waals surface area contributed by atoms with Crippen molar-refractivity contribution in [2.75, 3.05) is 6.54 Å². The molecule has 0 amide bonds. The minimum absolute atomic E-state index is 0.526. The van der Waals surface area contributed by atoms with Crippen LogP contribution >= 0.6 is 0 Å². The van der Waals surface area contributed by atoms with Crippen LogP contribution in [0.15, 0.2) is 33.4 Å². The quantitative estimate of drug-likeness (QED) is 0.781. The van der Waals surface area contributed by atoms with Gasteiger partial charge >= 0.3 is 0 Å². The second-order valence-corrected chi connectivity index (χ2v) is 4.31. The van der Waals surface area contributed by atoms with Crippen molar-refractivity contribution in [2.24, 2.45) is 0 Å². The molecule has 0 aliphatic rings. The van der Waals surface area contributed by atoms with Crippen LogP contribution in [0.4, 0.5) is 0 Å². The van der Waals surface area contributed by atoms with Crippen molar-refractivity contribution in [1.82, 2.24) is 10.3 Å². The molecular formula is C13H18N2O2. The Morgan fingerprint density at radius 3 is 2.94 bits per heavy atom. The minimum Gasteiger partial charge on any atom is -0.461 e. The summed E-state index contributed by atoms with van der Waals surface area (Å²) in [5.74, 6) is 2.19. The van der Waals surface area contributed by atoms with Gasteiger partial charge in [-0.1, -0.05) is 13.8 Å². The maximum atomic E-state index is 5.60. The van der Waals surface area contributed by atoms with Crippen molar-refractivity contribution in [3.63, 3.8) is 0 Å². The average Bonchev–Trinajstić information content (AvgIpc) is 2.94. The highest BCUT2D eigenvalue weighted by molar-refractivity contribution is 5.47. The lowest BCUT2D eigenvalue weighted by Gasteiger charge is -2.05. The fourth-order valence-electron chi connectivity index (χ4n) is 1.59. The Morgan fingerprint density at radius 1 is 1.35 bits per heavy atom. The number of nitrogens with one attached hydrogen (secondary N) is 1. The molecule has 0 aliphatic carbocycles. The summed E-state index contributed by atoms with van der Waals surface area (Å²) < 4.78 is 10.8. The Labute approximate surface area is 101 Å². The van der Waals surface area contributed by atoms with E-state index < -0.39 is 0 Å². The number of aromatic nitrogens is 1. The molecule has 4 nitrogen and oxygen atoms in total. The third-order valence-corrected chi connectivity index (χ3v) is 2.44. The van der Waals surface area contributed by atoms with E-state index in [1.807, 2.05) is 12.1 Å². The summed E-state index contributed by atoms with van der Waals surface area (Å²) in [6, 6.07) is 4.23. The fraction of sp³-hybridized carbons (Fsp3) is 0.462. The van der Waals surface area contributed by atoms with Crippen molar-refractivity contribution in [3.05, 3.63) is 30.5 Å². The zero-order chi connectivity index (χ0) is 12.1. The molecule has 2 aromatic heterocycles. The lowest BCUT2D eigenvalue weighted by atomic mass is 10.3. The molecular weight excluding hydrogens is 216 g/mol. The van der Waals surface area contributed by atoms with Crippen LogP contribution < -0.4 is 5.32 Å². The molecule has 0 bridgehead atoms. The predicted octanol–water partition coefficient (Wildman–Crippen LogP) is 2.87. The molecule has 17 heavy (non-hydrogen) atoms. The number of furan rings is 1. The molecule has 0 spiro atoms. The van der Waals surface area contributed by atoms with Gasteiger partial charge in [0.05, 0.1) is 12.5 Å². The number of hydrogen-bond donors (Lipinski definition) is 1. The van der Waals surface area contributed by atoms with Crippen LogP contribution in [0.2, 0.25) is 0 Å². The highest BCUT2D eigenvalue weighted by Crippen LogP contribution is 2.20. The molecule has 4 heteroatoms. The Hall–Kier alpha value is -1.55. The highest BCUT2D eigenvalue weighted by Gasteiger charge is 2.08. The van der Waals surface area contributed by atoms with E-state index >= 15 is 0 Å². The zero-order valence-corrected chi connectivity index (χ0v) is 10.3. The second-order valence-electron chi connectivity index (χ2n) is 4.31. The smallest absolute Gasteiger partial charge is 0.195 e. The van der Waals surface area contributed by atoms with Crippen LogP contribution in [0.3, 0.4) is 0 Å². The summed E-state index contributed by atoms with van der Waals surface area (Å²) in [6.07, 6.45) is 5.21. The Bertz CT molecular complexity index is 432. The topological polar surface area (TPSA) is 51.2 Å². The molecule has 0 saturated heterocycles. The maximum Gasteiger partial charge on any atom is 0.195 e. The first kappa shape index (κ1) is 11.9. The van der Waals surface area contributed by atoms with E-state index in [4.69, 9.17) is 8.83 Å². The van der Waals surface area contributed by atoms with Gasteiger partial charge in [0.25, 0.3) is 0 Å². The molecule has 0 radical (unpaired) electrons. The number of nitrogens with zero attached hydrogens (tertiary/aromatic N) is 1. The summed E-state index contributed by atoms with van der Waals surface area (Å²) in [4.78, 5) is 4.23. The first-order valence-corrected chi connectivity index (χ1v) is 5.97. The summed E-state index contributed by atoms with van der Waals surface area (Å²) in [6.45, 7) is 5.26. The van der Waals surface area contributed by atoms with Gasteiger partial charge in [0.1, 0.15) is 0 Å². The standard InChI is InChI=1S/C13H18N2O2/c1-10(2)14-7-3-6-13-15-9-12(17-13)11-5-4-8-16-11/h4-5,8-10,14H,3,6-7H2,1-2H3. The van der Waals surface area contributed by atoms with E-state index in [-0.39, 0.29) is 0 Å². The van der Waals surface area contributed by atoms with Gasteiger partial charge in [0, 0.05) is 12.5 Å². The molecule has 2 rings (SSSR count). The number of oxazole rings is 1.